The first-order valence-electron chi connectivity index (χ1n) is 5.29. The Bertz CT molecular complexity index is 224. The van der Waals surface area contributed by atoms with E-state index in [1.54, 1.807) is 0 Å². The summed E-state index contributed by atoms with van der Waals surface area (Å²) in [5, 5.41) is 2.77. The minimum absolute atomic E-state index is 0.0264. The van der Waals surface area contributed by atoms with Crippen LogP contribution in [0.25, 0.3) is 0 Å². The van der Waals surface area contributed by atoms with E-state index in [-0.39, 0.29) is 5.91 Å². The maximum absolute atomic E-state index is 11.2. The fourth-order valence-electron chi connectivity index (χ4n) is 0.960. The number of nitrogens with one attached hydrogen (secondary N) is 1. The standard InChI is InChI=1S/C10H20N2O3S/c1-3-5-12-9(13)7-16-6-4-8(11)10(14)15-2/h8H,3-7,11H2,1-2H3,(H,12,13). The van der Waals surface area contributed by atoms with Gasteiger partial charge in [0.15, 0.2) is 0 Å². The van der Waals surface area contributed by atoms with E-state index in [4.69, 9.17) is 5.73 Å². The molecule has 0 aliphatic carbocycles. The minimum Gasteiger partial charge on any atom is -0.468 e. The molecule has 0 spiro atoms. The number of carbonyl (C=O) groups excluding carboxylic acids is 2. The van der Waals surface area contributed by atoms with Crippen molar-refractivity contribution in [1.82, 2.24) is 5.32 Å². The highest BCUT2D eigenvalue weighted by molar-refractivity contribution is 7.99. The molecule has 1 atom stereocenters. The highest BCUT2D eigenvalue weighted by Crippen LogP contribution is 2.04. The Morgan fingerprint density at radius 2 is 2.19 bits per heavy atom. The van der Waals surface area contributed by atoms with Gasteiger partial charge in [0.2, 0.25) is 5.91 Å². The van der Waals surface area contributed by atoms with Gasteiger partial charge in [-0.15, -0.1) is 0 Å². The van der Waals surface area contributed by atoms with Crippen LogP contribution in [0.15, 0.2) is 0 Å². The summed E-state index contributed by atoms with van der Waals surface area (Å²) < 4.78 is 4.49. The zero-order valence-corrected chi connectivity index (χ0v) is 10.6. The monoisotopic (exact) mass is 248 g/mol. The van der Waals surface area contributed by atoms with E-state index in [2.05, 4.69) is 10.1 Å². The molecular weight excluding hydrogens is 228 g/mol. The highest BCUT2D eigenvalue weighted by atomic mass is 32.2. The van der Waals surface area contributed by atoms with Crippen LogP contribution in [-0.2, 0) is 14.3 Å². The first-order chi connectivity index (χ1) is 7.61. The molecule has 0 saturated carbocycles. The average Bonchev–Trinajstić information content (AvgIpc) is 2.30. The largest absolute Gasteiger partial charge is 0.468 e. The number of nitrogens with two attached hydrogens (primary N) is 1. The second kappa shape index (κ2) is 9.47. The van der Waals surface area contributed by atoms with Crippen LogP contribution in [0.3, 0.4) is 0 Å². The van der Waals surface area contributed by atoms with E-state index in [1.165, 1.54) is 18.9 Å². The van der Waals surface area contributed by atoms with Crippen molar-refractivity contribution >= 4 is 23.6 Å². The maximum atomic E-state index is 11.2. The predicted molar refractivity (Wildman–Crippen MR) is 65.2 cm³/mol. The van der Waals surface area contributed by atoms with Gasteiger partial charge in [-0.3, -0.25) is 9.59 Å². The SMILES string of the molecule is CCCNC(=O)CSCCC(N)C(=O)OC. The second-order valence-electron chi connectivity index (χ2n) is 3.32. The van der Waals surface area contributed by atoms with Crippen molar-refractivity contribution in [3.05, 3.63) is 0 Å². The molecule has 0 aromatic heterocycles. The van der Waals surface area contributed by atoms with Crippen molar-refractivity contribution in [2.75, 3.05) is 25.2 Å². The predicted octanol–water partition coefficient (Wildman–Crippen LogP) is 0.136. The Morgan fingerprint density at radius 3 is 2.75 bits per heavy atom. The van der Waals surface area contributed by atoms with E-state index in [0.717, 1.165) is 6.42 Å². The zero-order chi connectivity index (χ0) is 12.4. The molecule has 0 aromatic carbocycles. The zero-order valence-electron chi connectivity index (χ0n) is 9.82. The lowest BCUT2D eigenvalue weighted by molar-refractivity contribution is -0.142. The summed E-state index contributed by atoms with van der Waals surface area (Å²) in [6.07, 6.45) is 1.46. The normalized spacial score (nSPS) is 11.9. The maximum Gasteiger partial charge on any atom is 0.322 e. The number of carbonyl (C=O) groups is 2. The summed E-state index contributed by atoms with van der Waals surface area (Å²) in [5.41, 5.74) is 5.54. The van der Waals surface area contributed by atoms with Crippen molar-refractivity contribution < 1.29 is 14.3 Å². The number of hydrogen-bond donors (Lipinski definition) is 2. The average molecular weight is 248 g/mol. The lowest BCUT2D eigenvalue weighted by Crippen LogP contribution is -2.32. The number of ether oxygens (including phenoxy) is 1. The topological polar surface area (TPSA) is 81.4 Å². The van der Waals surface area contributed by atoms with E-state index in [9.17, 15) is 9.59 Å². The van der Waals surface area contributed by atoms with Gasteiger partial charge in [0.25, 0.3) is 0 Å². The first kappa shape index (κ1) is 15.2. The van der Waals surface area contributed by atoms with E-state index < -0.39 is 12.0 Å². The van der Waals surface area contributed by atoms with Gasteiger partial charge in [-0.05, 0) is 18.6 Å². The molecule has 0 rings (SSSR count). The summed E-state index contributed by atoms with van der Waals surface area (Å²) in [5.74, 6) is 0.707. The highest BCUT2D eigenvalue weighted by Gasteiger charge is 2.12. The summed E-state index contributed by atoms with van der Waals surface area (Å²) >= 11 is 1.47. The van der Waals surface area contributed by atoms with Crippen LogP contribution in [0.4, 0.5) is 0 Å². The fourth-order valence-corrected chi connectivity index (χ4v) is 1.81. The van der Waals surface area contributed by atoms with Crippen molar-refractivity contribution in [3.8, 4) is 0 Å². The van der Waals surface area contributed by atoms with Crippen LogP contribution in [0.5, 0.6) is 0 Å². The number of thioether (sulfide) groups is 1. The summed E-state index contributed by atoms with van der Waals surface area (Å²) in [4.78, 5) is 22.1. The summed E-state index contributed by atoms with van der Waals surface area (Å²) in [6.45, 7) is 2.71. The second-order valence-corrected chi connectivity index (χ2v) is 4.43. The number of hydrogen-bond acceptors (Lipinski definition) is 5. The molecule has 94 valence electrons. The molecule has 0 aromatic rings. The van der Waals surface area contributed by atoms with Crippen molar-refractivity contribution in [1.29, 1.82) is 0 Å². The van der Waals surface area contributed by atoms with Gasteiger partial charge < -0.3 is 15.8 Å². The molecule has 0 bridgehead atoms. The van der Waals surface area contributed by atoms with E-state index in [1.807, 2.05) is 6.92 Å². The molecule has 16 heavy (non-hydrogen) atoms. The lowest BCUT2D eigenvalue weighted by Gasteiger charge is -2.08. The quantitative estimate of drug-likeness (QED) is 0.471. The van der Waals surface area contributed by atoms with Gasteiger partial charge in [-0.25, -0.2) is 0 Å². The van der Waals surface area contributed by atoms with E-state index >= 15 is 0 Å². The van der Waals surface area contributed by atoms with Crippen LogP contribution in [-0.4, -0.2) is 43.1 Å². The van der Waals surface area contributed by atoms with Crippen LogP contribution >= 0.6 is 11.8 Å². The van der Waals surface area contributed by atoms with Gasteiger partial charge in [0.05, 0.1) is 12.9 Å². The molecule has 0 saturated heterocycles. The Balaban J connectivity index is 3.45. The van der Waals surface area contributed by atoms with Crippen molar-refractivity contribution in [3.63, 3.8) is 0 Å². The van der Waals surface area contributed by atoms with Crippen LogP contribution < -0.4 is 11.1 Å². The molecule has 5 nitrogen and oxygen atoms in total. The molecule has 6 heteroatoms. The fraction of sp³-hybridized carbons (Fsp3) is 0.800. The van der Waals surface area contributed by atoms with E-state index in [0.29, 0.717) is 24.5 Å². The third kappa shape index (κ3) is 7.53. The lowest BCUT2D eigenvalue weighted by atomic mass is 10.2. The number of rotatable bonds is 8. The molecule has 0 fully saturated rings. The molecule has 0 heterocycles. The Labute approximate surface area is 100 Å². The molecule has 0 aliphatic heterocycles. The van der Waals surface area contributed by atoms with Crippen LogP contribution in [0.1, 0.15) is 19.8 Å². The smallest absolute Gasteiger partial charge is 0.322 e. The van der Waals surface area contributed by atoms with Gasteiger partial charge in [0.1, 0.15) is 6.04 Å². The van der Waals surface area contributed by atoms with Gasteiger partial charge >= 0.3 is 5.97 Å². The summed E-state index contributed by atoms with van der Waals surface area (Å²) in [6, 6.07) is -0.587. The van der Waals surface area contributed by atoms with Crippen LogP contribution in [0.2, 0.25) is 0 Å². The molecule has 3 N–H and O–H groups in total. The summed E-state index contributed by atoms with van der Waals surface area (Å²) in [7, 11) is 1.31. The molecule has 0 radical (unpaired) electrons. The molecular formula is C10H20N2O3S. The van der Waals surface area contributed by atoms with Crippen molar-refractivity contribution in [2.24, 2.45) is 5.73 Å². The minimum atomic E-state index is -0.587. The third-order valence-electron chi connectivity index (χ3n) is 1.88. The number of amides is 1. The van der Waals surface area contributed by atoms with Gasteiger partial charge in [-0.2, -0.15) is 11.8 Å². The Hall–Kier alpha value is -0.750. The molecule has 1 amide bonds. The molecule has 0 aliphatic rings. The Morgan fingerprint density at radius 1 is 1.50 bits per heavy atom. The number of esters is 1. The van der Waals surface area contributed by atoms with Gasteiger partial charge in [0, 0.05) is 6.54 Å². The third-order valence-corrected chi connectivity index (χ3v) is 2.87. The van der Waals surface area contributed by atoms with Crippen LogP contribution in [0, 0.1) is 0 Å². The molecule has 1 unspecified atom stereocenters. The first-order valence-corrected chi connectivity index (χ1v) is 6.45. The Kier molecular flexibility index (Phi) is 9.03. The van der Waals surface area contributed by atoms with Gasteiger partial charge in [-0.1, -0.05) is 6.92 Å². The van der Waals surface area contributed by atoms with Crippen molar-refractivity contribution in [2.45, 2.75) is 25.8 Å². The number of methoxy groups -OCH3 is 1.